The summed E-state index contributed by atoms with van der Waals surface area (Å²) in [6, 6.07) is 6.43. The maximum atomic E-state index is 10.4. The van der Waals surface area contributed by atoms with Crippen LogP contribution in [-0.2, 0) is 18.4 Å². The lowest BCUT2D eigenvalue weighted by atomic mass is 9.78. The third kappa shape index (κ3) is 1.80. The summed E-state index contributed by atoms with van der Waals surface area (Å²) in [4.78, 5) is 0. The van der Waals surface area contributed by atoms with Crippen molar-refractivity contribution < 1.29 is 5.11 Å². The molecular formula is C13H19NO. The summed E-state index contributed by atoms with van der Waals surface area (Å²) >= 11 is 0. The maximum absolute atomic E-state index is 10.4. The molecule has 0 fully saturated rings. The largest absolute Gasteiger partial charge is 0.384 e. The van der Waals surface area contributed by atoms with E-state index in [1.54, 1.807) is 0 Å². The van der Waals surface area contributed by atoms with E-state index in [4.69, 9.17) is 5.73 Å². The van der Waals surface area contributed by atoms with E-state index in [1.165, 1.54) is 11.1 Å². The summed E-state index contributed by atoms with van der Waals surface area (Å²) in [5.74, 6) is 0. The second-order valence-corrected chi connectivity index (χ2v) is 4.43. The predicted molar refractivity (Wildman–Crippen MR) is 61.7 cm³/mol. The fourth-order valence-electron chi connectivity index (χ4n) is 2.41. The van der Waals surface area contributed by atoms with Gasteiger partial charge >= 0.3 is 0 Å². The van der Waals surface area contributed by atoms with Crippen molar-refractivity contribution in [2.75, 3.05) is 6.54 Å². The summed E-state index contributed by atoms with van der Waals surface area (Å²) in [6.45, 7) is 2.46. The van der Waals surface area contributed by atoms with Gasteiger partial charge in [0.1, 0.15) is 5.60 Å². The van der Waals surface area contributed by atoms with E-state index < -0.39 is 5.60 Å². The molecule has 0 amide bonds. The lowest BCUT2D eigenvalue weighted by Crippen LogP contribution is -2.38. The second-order valence-electron chi connectivity index (χ2n) is 4.43. The van der Waals surface area contributed by atoms with Crippen LogP contribution in [0.4, 0.5) is 0 Å². The van der Waals surface area contributed by atoms with E-state index in [-0.39, 0.29) is 0 Å². The van der Waals surface area contributed by atoms with E-state index in [9.17, 15) is 5.11 Å². The third-order valence-corrected chi connectivity index (χ3v) is 3.46. The van der Waals surface area contributed by atoms with Gasteiger partial charge in [-0.25, -0.2) is 0 Å². The first-order valence-corrected chi connectivity index (χ1v) is 5.74. The summed E-state index contributed by atoms with van der Waals surface area (Å²) in [5, 5.41) is 10.4. The van der Waals surface area contributed by atoms with Gasteiger partial charge in [-0.1, -0.05) is 25.1 Å². The van der Waals surface area contributed by atoms with Crippen LogP contribution in [-0.4, -0.2) is 11.7 Å². The number of hydrogen-bond acceptors (Lipinski definition) is 2. The fourth-order valence-corrected chi connectivity index (χ4v) is 2.41. The van der Waals surface area contributed by atoms with Crippen molar-refractivity contribution in [2.24, 2.45) is 5.73 Å². The van der Waals surface area contributed by atoms with Gasteiger partial charge in [-0.3, -0.25) is 0 Å². The highest BCUT2D eigenvalue weighted by Crippen LogP contribution is 2.35. The number of benzene rings is 1. The monoisotopic (exact) mass is 205 g/mol. The molecule has 0 spiro atoms. The molecule has 0 radical (unpaired) electrons. The quantitative estimate of drug-likeness (QED) is 0.772. The van der Waals surface area contributed by atoms with Crippen LogP contribution >= 0.6 is 0 Å². The Morgan fingerprint density at radius 2 is 2.27 bits per heavy atom. The van der Waals surface area contributed by atoms with Gasteiger partial charge in [-0.2, -0.15) is 0 Å². The summed E-state index contributed by atoms with van der Waals surface area (Å²) in [5.41, 5.74) is 8.53. The summed E-state index contributed by atoms with van der Waals surface area (Å²) in [7, 11) is 0. The number of fused-ring (bicyclic) bond motifs is 1. The minimum absolute atomic E-state index is 0.327. The molecule has 0 aromatic heterocycles. The number of aryl methyl sites for hydroxylation is 2. The lowest BCUT2D eigenvalue weighted by Gasteiger charge is -2.33. The van der Waals surface area contributed by atoms with Crippen LogP contribution < -0.4 is 5.73 Å². The molecule has 1 aliphatic carbocycles. The molecule has 82 valence electrons. The van der Waals surface area contributed by atoms with Crippen molar-refractivity contribution in [3.8, 4) is 0 Å². The van der Waals surface area contributed by atoms with Crippen molar-refractivity contribution in [3.63, 3.8) is 0 Å². The van der Waals surface area contributed by atoms with E-state index in [1.807, 2.05) is 0 Å². The molecular weight excluding hydrogens is 186 g/mol. The predicted octanol–water partition coefficient (Wildman–Crippen LogP) is 1.73. The molecule has 3 N–H and O–H groups in total. The first kappa shape index (κ1) is 10.7. The zero-order valence-electron chi connectivity index (χ0n) is 9.29. The molecule has 0 bridgehead atoms. The summed E-state index contributed by atoms with van der Waals surface area (Å²) in [6.07, 6.45) is 3.91. The smallest absolute Gasteiger partial charge is 0.102 e. The Balaban J connectivity index is 2.48. The highest BCUT2D eigenvalue weighted by Gasteiger charge is 2.32. The zero-order valence-corrected chi connectivity index (χ0v) is 9.29. The van der Waals surface area contributed by atoms with Crippen LogP contribution in [0.15, 0.2) is 18.2 Å². The normalized spacial score (nSPS) is 25.0. The maximum Gasteiger partial charge on any atom is 0.102 e. The average Bonchev–Trinajstić information content (AvgIpc) is 2.29. The van der Waals surface area contributed by atoms with Crippen molar-refractivity contribution in [3.05, 3.63) is 34.9 Å². The van der Waals surface area contributed by atoms with E-state index in [0.29, 0.717) is 6.54 Å². The number of rotatable bonds is 2. The van der Waals surface area contributed by atoms with Gasteiger partial charge in [-0.05, 0) is 42.4 Å². The van der Waals surface area contributed by atoms with Crippen LogP contribution in [0.2, 0.25) is 0 Å². The van der Waals surface area contributed by atoms with Gasteiger partial charge in [0.25, 0.3) is 0 Å². The fraction of sp³-hybridized carbons (Fsp3) is 0.538. The van der Waals surface area contributed by atoms with Crippen molar-refractivity contribution >= 4 is 0 Å². The molecule has 1 aromatic carbocycles. The Morgan fingerprint density at radius 3 is 2.93 bits per heavy atom. The average molecular weight is 205 g/mol. The third-order valence-electron chi connectivity index (χ3n) is 3.46. The van der Waals surface area contributed by atoms with Crippen LogP contribution in [0, 0.1) is 0 Å². The first-order valence-electron chi connectivity index (χ1n) is 5.74. The minimum atomic E-state index is -0.779. The van der Waals surface area contributed by atoms with Gasteiger partial charge in [0.2, 0.25) is 0 Å². The van der Waals surface area contributed by atoms with Gasteiger partial charge in [0.15, 0.2) is 0 Å². The van der Waals surface area contributed by atoms with Gasteiger partial charge in [0.05, 0.1) is 0 Å². The highest BCUT2D eigenvalue weighted by atomic mass is 16.3. The number of hydrogen-bond donors (Lipinski definition) is 2. The Bertz CT molecular complexity index is 362. The molecule has 0 aliphatic heterocycles. The molecule has 1 unspecified atom stereocenters. The van der Waals surface area contributed by atoms with Crippen LogP contribution in [0.1, 0.15) is 36.5 Å². The minimum Gasteiger partial charge on any atom is -0.384 e. The Morgan fingerprint density at radius 1 is 1.47 bits per heavy atom. The SMILES string of the molecule is CCc1ccc2c(c1)C(O)(CN)CCC2. The highest BCUT2D eigenvalue weighted by molar-refractivity contribution is 5.38. The molecule has 1 aromatic rings. The van der Waals surface area contributed by atoms with Crippen LogP contribution in [0.5, 0.6) is 0 Å². The molecule has 2 rings (SSSR count). The summed E-state index contributed by atoms with van der Waals surface area (Å²) < 4.78 is 0. The van der Waals surface area contributed by atoms with Gasteiger partial charge in [-0.15, -0.1) is 0 Å². The topological polar surface area (TPSA) is 46.2 Å². The molecule has 15 heavy (non-hydrogen) atoms. The van der Waals surface area contributed by atoms with Gasteiger partial charge in [0, 0.05) is 6.54 Å². The second kappa shape index (κ2) is 3.95. The van der Waals surface area contributed by atoms with Crippen molar-refractivity contribution in [1.82, 2.24) is 0 Å². The van der Waals surface area contributed by atoms with Crippen LogP contribution in [0.25, 0.3) is 0 Å². The number of aliphatic hydroxyl groups is 1. The Kier molecular flexibility index (Phi) is 2.81. The van der Waals surface area contributed by atoms with E-state index in [0.717, 1.165) is 31.2 Å². The Labute approximate surface area is 91.1 Å². The molecule has 0 saturated carbocycles. The molecule has 0 saturated heterocycles. The molecule has 2 nitrogen and oxygen atoms in total. The van der Waals surface area contributed by atoms with Crippen molar-refractivity contribution in [2.45, 2.75) is 38.2 Å². The zero-order chi connectivity index (χ0) is 10.9. The number of nitrogens with two attached hydrogens (primary N) is 1. The van der Waals surface area contributed by atoms with Gasteiger partial charge < -0.3 is 10.8 Å². The lowest BCUT2D eigenvalue weighted by molar-refractivity contribution is 0.0279. The van der Waals surface area contributed by atoms with Crippen LogP contribution in [0.3, 0.4) is 0 Å². The Hall–Kier alpha value is -0.860. The molecule has 1 aliphatic rings. The first-order chi connectivity index (χ1) is 7.19. The van der Waals surface area contributed by atoms with E-state index in [2.05, 4.69) is 25.1 Å². The molecule has 0 heterocycles. The van der Waals surface area contributed by atoms with Crippen molar-refractivity contribution in [1.29, 1.82) is 0 Å². The molecule has 1 atom stereocenters. The standard InChI is InChI=1S/C13H19NO/c1-2-10-5-6-11-4-3-7-13(15,9-14)12(11)8-10/h5-6,8,15H,2-4,7,9,14H2,1H3. The molecule has 2 heteroatoms. The van der Waals surface area contributed by atoms with E-state index >= 15 is 0 Å².